The number of rotatable bonds is 9. The zero-order valence-electron chi connectivity index (χ0n) is 15.1. The molecule has 1 fully saturated rings. The number of amides is 1. The molecule has 2 rings (SSSR count). The van der Waals surface area contributed by atoms with Crippen molar-refractivity contribution in [2.24, 2.45) is 0 Å². The molecule has 1 atom stereocenters. The second kappa shape index (κ2) is 11.0. The van der Waals surface area contributed by atoms with Crippen LogP contribution in [-0.2, 0) is 25.5 Å². The van der Waals surface area contributed by atoms with Crippen LogP contribution in [0.15, 0.2) is 30.3 Å². The Kier molecular flexibility index (Phi) is 8.33. The monoisotopic (exact) mass is 373 g/mol. The highest BCUT2D eigenvalue weighted by Gasteiger charge is 2.29. The third-order valence-corrected chi connectivity index (χ3v) is 4.13. The molecule has 7 nitrogen and oxygen atoms in total. The molecular weight excluding hydrogens is 350 g/mol. The number of benzene rings is 1. The van der Waals surface area contributed by atoms with E-state index in [-0.39, 0.29) is 25.0 Å². The zero-order valence-corrected chi connectivity index (χ0v) is 15.1. The normalized spacial score (nSPS) is 16.2. The largest absolute Gasteiger partial charge is 0.480 e. The maximum atomic E-state index is 12.2. The predicted octanol–water partition coefficient (Wildman–Crippen LogP) is 1.89. The molecule has 0 unspecified atom stereocenters. The van der Waals surface area contributed by atoms with E-state index in [0.717, 1.165) is 5.56 Å². The Balaban J connectivity index is 1.80. The minimum absolute atomic E-state index is 0.0184. The number of aliphatic carboxylic acids is 1. The van der Waals surface area contributed by atoms with Crippen LogP contribution in [0.2, 0.25) is 0 Å². The standard InChI is InChI=1S/C20H23NO6/c22-18(14-16-6-2-1-3-7-16)9-8-17-10-13-27-20(25)21(17)11-4-5-12-26-15-19(23)24/h1-3,6-7,17H,8-15H2,(H,23,24)/t17-/m0/s1. The van der Waals surface area contributed by atoms with Crippen molar-refractivity contribution in [2.45, 2.75) is 31.7 Å². The van der Waals surface area contributed by atoms with Crippen molar-refractivity contribution in [3.05, 3.63) is 35.9 Å². The molecule has 1 amide bonds. The molecule has 0 saturated carbocycles. The summed E-state index contributed by atoms with van der Waals surface area (Å²) in [5, 5.41) is 8.47. The van der Waals surface area contributed by atoms with Crippen LogP contribution < -0.4 is 0 Å². The van der Waals surface area contributed by atoms with Crippen LogP contribution in [0.25, 0.3) is 0 Å². The van der Waals surface area contributed by atoms with Crippen molar-refractivity contribution in [3.63, 3.8) is 0 Å². The van der Waals surface area contributed by atoms with Gasteiger partial charge in [0.25, 0.3) is 0 Å². The van der Waals surface area contributed by atoms with Crippen molar-refractivity contribution in [2.75, 3.05) is 26.4 Å². The molecule has 0 aromatic heterocycles. The number of Topliss-reactive ketones (excluding diaryl/α,β-unsaturated/α-hetero) is 1. The first-order valence-corrected chi connectivity index (χ1v) is 8.80. The van der Waals surface area contributed by atoms with Gasteiger partial charge in [0.1, 0.15) is 19.0 Å². The van der Waals surface area contributed by atoms with Crippen LogP contribution in [0.5, 0.6) is 0 Å². The van der Waals surface area contributed by atoms with E-state index in [1.807, 2.05) is 30.3 Å². The van der Waals surface area contributed by atoms with Gasteiger partial charge in [-0.3, -0.25) is 9.69 Å². The number of carbonyl (C=O) groups excluding carboxylic acids is 2. The van der Waals surface area contributed by atoms with Crippen LogP contribution in [-0.4, -0.2) is 60.3 Å². The molecular formula is C20H23NO6. The quantitative estimate of drug-likeness (QED) is 0.525. The summed E-state index contributed by atoms with van der Waals surface area (Å²) in [5.74, 6) is 4.54. The maximum absolute atomic E-state index is 12.2. The van der Waals surface area contributed by atoms with Crippen LogP contribution in [0.4, 0.5) is 4.79 Å². The molecule has 1 aliphatic heterocycles. The first kappa shape index (κ1) is 20.5. The molecule has 1 N–H and O–H groups in total. The van der Waals surface area contributed by atoms with Gasteiger partial charge in [-0.25, -0.2) is 9.59 Å². The molecule has 0 aliphatic carbocycles. The number of carbonyl (C=O) groups is 3. The van der Waals surface area contributed by atoms with E-state index in [1.165, 1.54) is 4.90 Å². The highest BCUT2D eigenvalue weighted by atomic mass is 16.6. The summed E-state index contributed by atoms with van der Waals surface area (Å²) in [4.78, 5) is 36.0. The molecule has 7 heteroatoms. The third-order valence-electron chi connectivity index (χ3n) is 4.13. The van der Waals surface area contributed by atoms with Crippen molar-refractivity contribution in [1.82, 2.24) is 4.90 Å². The van der Waals surface area contributed by atoms with E-state index in [1.54, 1.807) is 0 Å². The van der Waals surface area contributed by atoms with Crippen molar-refractivity contribution >= 4 is 17.8 Å². The number of carboxylic acids is 1. The van der Waals surface area contributed by atoms with Crippen molar-refractivity contribution < 1.29 is 29.0 Å². The molecule has 1 aromatic carbocycles. The van der Waals surface area contributed by atoms with Gasteiger partial charge in [0.05, 0.1) is 13.2 Å². The molecule has 0 radical (unpaired) electrons. The number of ether oxygens (including phenoxy) is 2. The highest BCUT2D eigenvalue weighted by molar-refractivity contribution is 5.81. The number of hydrogen-bond donors (Lipinski definition) is 1. The van der Waals surface area contributed by atoms with E-state index in [9.17, 15) is 14.4 Å². The highest BCUT2D eigenvalue weighted by Crippen LogP contribution is 2.18. The average Bonchev–Trinajstić information content (AvgIpc) is 2.65. The van der Waals surface area contributed by atoms with E-state index >= 15 is 0 Å². The van der Waals surface area contributed by atoms with Gasteiger partial charge in [-0.15, -0.1) is 0 Å². The molecule has 1 aliphatic rings. The van der Waals surface area contributed by atoms with E-state index in [0.29, 0.717) is 32.3 Å². The van der Waals surface area contributed by atoms with Crippen molar-refractivity contribution in [3.8, 4) is 11.8 Å². The van der Waals surface area contributed by atoms with Gasteiger partial charge in [0.2, 0.25) is 0 Å². The Morgan fingerprint density at radius 1 is 1.26 bits per heavy atom. The summed E-state index contributed by atoms with van der Waals surface area (Å²) in [6.07, 6.45) is 1.55. The number of carboxylic acid groups (broad SMARTS) is 1. The first-order chi connectivity index (χ1) is 13.1. The lowest BCUT2D eigenvalue weighted by molar-refractivity contribution is -0.141. The summed E-state index contributed by atoms with van der Waals surface area (Å²) >= 11 is 0. The zero-order chi connectivity index (χ0) is 19.5. The van der Waals surface area contributed by atoms with Gasteiger partial charge in [0, 0.05) is 25.3 Å². The fraction of sp³-hybridized carbons (Fsp3) is 0.450. The Labute approximate surface area is 158 Å². The maximum Gasteiger partial charge on any atom is 0.410 e. The molecule has 1 heterocycles. The average molecular weight is 373 g/mol. The van der Waals surface area contributed by atoms with Crippen molar-refractivity contribution in [1.29, 1.82) is 0 Å². The number of hydrogen-bond acceptors (Lipinski definition) is 5. The smallest absolute Gasteiger partial charge is 0.410 e. The Bertz CT molecular complexity index is 706. The minimum atomic E-state index is -1.06. The molecule has 0 spiro atoms. The van der Waals surface area contributed by atoms with Gasteiger partial charge >= 0.3 is 12.1 Å². The van der Waals surface area contributed by atoms with Crippen LogP contribution in [0.1, 0.15) is 24.8 Å². The molecule has 1 aromatic rings. The summed E-state index contributed by atoms with van der Waals surface area (Å²) in [7, 11) is 0. The Hall–Kier alpha value is -2.85. The summed E-state index contributed by atoms with van der Waals surface area (Å²) in [6.45, 7) is 0.0663. The summed E-state index contributed by atoms with van der Waals surface area (Å²) < 4.78 is 9.88. The molecule has 1 saturated heterocycles. The minimum Gasteiger partial charge on any atom is -0.480 e. The van der Waals surface area contributed by atoms with Gasteiger partial charge in [-0.1, -0.05) is 42.2 Å². The lowest BCUT2D eigenvalue weighted by Gasteiger charge is -2.33. The Morgan fingerprint density at radius 3 is 2.78 bits per heavy atom. The second-order valence-electron chi connectivity index (χ2n) is 6.16. The van der Waals surface area contributed by atoms with Crippen LogP contribution in [0, 0.1) is 11.8 Å². The number of cyclic esters (lactones) is 1. The predicted molar refractivity (Wildman–Crippen MR) is 97.1 cm³/mol. The van der Waals surface area contributed by atoms with Gasteiger partial charge in [-0.2, -0.15) is 0 Å². The topological polar surface area (TPSA) is 93.1 Å². The van der Waals surface area contributed by atoms with Crippen LogP contribution in [0.3, 0.4) is 0 Å². The fourth-order valence-corrected chi connectivity index (χ4v) is 2.78. The first-order valence-electron chi connectivity index (χ1n) is 8.80. The van der Waals surface area contributed by atoms with Gasteiger partial charge in [-0.05, 0) is 12.0 Å². The van der Waals surface area contributed by atoms with E-state index < -0.39 is 18.7 Å². The molecule has 0 bridgehead atoms. The summed E-state index contributed by atoms with van der Waals surface area (Å²) in [6, 6.07) is 9.46. The molecule has 27 heavy (non-hydrogen) atoms. The Morgan fingerprint density at radius 2 is 2.04 bits per heavy atom. The van der Waals surface area contributed by atoms with E-state index in [2.05, 4.69) is 11.8 Å². The molecule has 144 valence electrons. The summed E-state index contributed by atoms with van der Waals surface area (Å²) in [5.41, 5.74) is 0.981. The fourth-order valence-electron chi connectivity index (χ4n) is 2.78. The lowest BCUT2D eigenvalue weighted by Crippen LogP contribution is -2.46. The van der Waals surface area contributed by atoms with Gasteiger partial charge in [0.15, 0.2) is 0 Å². The number of nitrogens with zero attached hydrogens (tertiary/aromatic N) is 1. The third kappa shape index (κ3) is 7.50. The lowest BCUT2D eigenvalue weighted by atomic mass is 10.00. The van der Waals surface area contributed by atoms with Gasteiger partial charge < -0.3 is 14.6 Å². The van der Waals surface area contributed by atoms with E-state index in [4.69, 9.17) is 14.6 Å². The second-order valence-corrected chi connectivity index (χ2v) is 6.16. The number of ketones is 1. The van der Waals surface area contributed by atoms with Crippen LogP contribution >= 0.6 is 0 Å². The SMILES string of the molecule is O=C(O)COCC#CCN1C(=O)OCC[C@@H]1CCC(=O)Cc1ccccc1.